The van der Waals surface area contributed by atoms with Crippen LogP contribution < -0.4 is 20.1 Å². The largest absolute Gasteiger partial charge is 0.497 e. The Labute approximate surface area is 454 Å². The number of ketones is 2. The molecule has 2 unspecified atom stereocenters. The van der Waals surface area contributed by atoms with Gasteiger partial charge in [-0.15, -0.1) is 0 Å². The van der Waals surface area contributed by atoms with Gasteiger partial charge in [-0.25, -0.2) is 29.6 Å². The maximum Gasteiger partial charge on any atom is 0.337 e. The van der Waals surface area contributed by atoms with Crippen molar-refractivity contribution in [1.82, 2.24) is 50.4 Å². The number of aromatic nitrogens is 4. The average molecular weight is 1060 g/mol. The number of amides is 6. The van der Waals surface area contributed by atoms with E-state index in [1.54, 1.807) is 67.0 Å². The number of Topliss-reactive ketones (excluding diaryl/α,β-unsaturated/α-hetero) is 2. The number of hydrogen-bond donors (Lipinski definition) is 4. The smallest absolute Gasteiger partial charge is 0.337 e. The van der Waals surface area contributed by atoms with Crippen molar-refractivity contribution >= 4 is 35.4 Å². The first-order valence-corrected chi connectivity index (χ1v) is 28.4. The third kappa shape index (κ3) is 13.2. The fourth-order valence-corrected chi connectivity index (χ4v) is 13.3. The van der Waals surface area contributed by atoms with Crippen molar-refractivity contribution in [1.29, 1.82) is 0 Å². The first kappa shape index (κ1) is 56.5. The molecule has 4 heterocycles. The third-order valence-electron chi connectivity index (χ3n) is 17.7. The maximum absolute atomic E-state index is 16.0. The molecular weight excluding hydrogens is 977 g/mol. The number of nitrogens with zero attached hydrogens (tertiary/aromatic N) is 6. The van der Waals surface area contributed by atoms with Crippen LogP contribution in [0.15, 0.2) is 73.6 Å². The van der Waals surface area contributed by atoms with Gasteiger partial charge in [-0.3, -0.25) is 19.2 Å². The molecule has 4 aliphatic rings. The van der Waals surface area contributed by atoms with Crippen LogP contribution in [0.4, 0.5) is 9.59 Å². The van der Waals surface area contributed by atoms with Crippen molar-refractivity contribution in [2.45, 2.75) is 154 Å². The molecule has 2 saturated carbocycles. The van der Waals surface area contributed by atoms with Crippen molar-refractivity contribution < 1.29 is 38.2 Å². The van der Waals surface area contributed by atoms with Crippen molar-refractivity contribution in [3.63, 3.8) is 0 Å². The molecule has 6 amide bonds. The van der Waals surface area contributed by atoms with Crippen LogP contribution in [-0.4, -0.2) is 134 Å². The molecule has 0 spiro atoms. The minimum atomic E-state index is -1.39. The van der Waals surface area contributed by atoms with Crippen LogP contribution in [0.3, 0.4) is 0 Å². The molecule has 416 valence electrons. The lowest BCUT2D eigenvalue weighted by atomic mass is 9.61. The van der Waals surface area contributed by atoms with Gasteiger partial charge in [0.1, 0.15) is 35.1 Å². The van der Waals surface area contributed by atoms with Gasteiger partial charge in [0.2, 0.25) is 11.8 Å². The second kappa shape index (κ2) is 26.6. The first-order chi connectivity index (χ1) is 37.4. The average Bonchev–Trinajstić information content (AvgIpc) is 4.23. The van der Waals surface area contributed by atoms with Crippen LogP contribution in [0, 0.1) is 22.7 Å². The van der Waals surface area contributed by atoms with E-state index in [4.69, 9.17) is 9.47 Å². The molecule has 18 heteroatoms. The Morgan fingerprint density at radius 2 is 1.00 bits per heavy atom. The van der Waals surface area contributed by atoms with Gasteiger partial charge in [0.25, 0.3) is 0 Å². The number of carbonyl (C=O) groups is 6. The Morgan fingerprint density at radius 3 is 1.38 bits per heavy atom. The number of carbonyl (C=O) groups excluding carboxylic acids is 6. The molecule has 2 aromatic heterocycles. The fourth-order valence-electron chi connectivity index (χ4n) is 13.3. The Morgan fingerprint density at radius 1 is 0.597 bits per heavy atom. The summed E-state index contributed by atoms with van der Waals surface area (Å²) in [6.07, 6.45) is 19.9. The number of benzene rings is 2. The van der Waals surface area contributed by atoms with E-state index in [9.17, 15) is 9.59 Å². The predicted octanol–water partition coefficient (Wildman–Crippen LogP) is 8.39. The van der Waals surface area contributed by atoms with E-state index in [0.29, 0.717) is 73.3 Å². The van der Waals surface area contributed by atoms with E-state index in [2.05, 4.69) is 30.6 Å². The van der Waals surface area contributed by atoms with Gasteiger partial charge in [0, 0.05) is 93.7 Å². The number of hydrogen-bond acceptors (Lipinski definition) is 10. The topological polar surface area (TPSA) is 215 Å². The number of nitrogens with one attached hydrogen (secondary N) is 4. The normalized spacial score (nSPS) is 18.6. The SMILES string of the molecule is CCC(=O)C1(C2CCCCC2)CCN(C(=O)C(Cc2ccc(OC)cc2)N(C(=O)NCCc2cnc[nH]2)N(C(=O)NCc2cnc[nH]2)C(Cc2ccc(OC)cc2)C(=O)N2CCC(C(=O)CC)(C3CCCCC3)CC2)CC1. The van der Waals surface area contributed by atoms with Gasteiger partial charge in [0.05, 0.1) is 39.1 Å². The summed E-state index contributed by atoms with van der Waals surface area (Å²) in [5, 5.41) is 8.45. The molecule has 4 fully saturated rings. The number of aromatic amines is 2. The molecular formula is C59H82N10O8. The standard InChI is InChI=1S/C59H82N10O8/c1-5-52(70)58(44-13-9-7-10-14-44)26-31-66(32-27-58)54(72)50(35-42-17-21-48(76-3)22-18-42)68(56(74)62-30-25-46-37-60-40-64-46)69(57(75)63-39-47-38-61-41-65-47)51(36-43-19-23-49(77-4)24-20-43)55(73)67-33-28-59(29-34-67,53(71)6-2)45-15-11-8-12-16-45/h17-24,37-38,40-41,44-45,50-51H,5-16,25-36,39H2,1-4H3,(H,60,64)(H,61,65)(H,62,74)(H,63,75). The minimum Gasteiger partial charge on any atom is -0.497 e. The van der Waals surface area contributed by atoms with Crippen LogP contribution >= 0.6 is 0 Å². The molecule has 0 bridgehead atoms. The predicted molar refractivity (Wildman–Crippen MR) is 291 cm³/mol. The molecule has 2 atom stereocenters. The molecule has 0 radical (unpaired) electrons. The summed E-state index contributed by atoms with van der Waals surface area (Å²) >= 11 is 0. The monoisotopic (exact) mass is 1060 g/mol. The maximum atomic E-state index is 16.0. The molecule has 4 aromatic rings. The second-order valence-corrected chi connectivity index (χ2v) is 21.8. The molecule has 8 rings (SSSR count). The number of rotatable bonds is 21. The first-order valence-electron chi connectivity index (χ1n) is 28.4. The van der Waals surface area contributed by atoms with Crippen LogP contribution in [-0.2, 0) is 45.0 Å². The zero-order valence-corrected chi connectivity index (χ0v) is 45.9. The molecule has 77 heavy (non-hydrogen) atoms. The van der Waals surface area contributed by atoms with Gasteiger partial charge in [-0.05, 0) is 98.6 Å². The van der Waals surface area contributed by atoms with Crippen LogP contribution in [0.5, 0.6) is 11.5 Å². The lowest BCUT2D eigenvalue weighted by molar-refractivity contribution is -0.155. The summed E-state index contributed by atoms with van der Waals surface area (Å²) in [7, 11) is 3.15. The molecule has 2 saturated heterocycles. The van der Waals surface area contributed by atoms with Gasteiger partial charge in [-0.2, -0.15) is 0 Å². The third-order valence-corrected chi connectivity index (χ3v) is 17.7. The van der Waals surface area contributed by atoms with E-state index in [-0.39, 0.29) is 75.5 Å². The Hall–Kier alpha value is -6.72. The van der Waals surface area contributed by atoms with E-state index < -0.39 is 46.8 Å². The van der Waals surface area contributed by atoms with Crippen LogP contribution in [0.1, 0.15) is 139 Å². The number of H-pyrrole nitrogens is 2. The zero-order valence-electron chi connectivity index (χ0n) is 45.9. The molecule has 18 nitrogen and oxygen atoms in total. The van der Waals surface area contributed by atoms with E-state index in [1.807, 2.05) is 38.1 Å². The van der Waals surface area contributed by atoms with Gasteiger partial charge in [0.15, 0.2) is 0 Å². The highest BCUT2D eigenvalue weighted by Gasteiger charge is 2.52. The summed E-state index contributed by atoms with van der Waals surface area (Å²) in [5.41, 5.74) is 1.58. The van der Waals surface area contributed by atoms with E-state index in [0.717, 1.165) is 69.9 Å². The number of urea groups is 2. The lowest BCUT2D eigenvalue weighted by Crippen LogP contribution is -2.69. The second-order valence-electron chi connectivity index (χ2n) is 21.8. The fraction of sp³-hybridized carbons (Fsp3) is 0.593. The minimum absolute atomic E-state index is 0.0429. The number of hydrazine groups is 1. The van der Waals surface area contributed by atoms with Crippen LogP contribution in [0.25, 0.3) is 0 Å². The lowest BCUT2D eigenvalue weighted by Gasteiger charge is -2.49. The Bertz CT molecular complexity index is 2540. The molecule has 2 aliphatic heterocycles. The quantitative estimate of drug-likeness (QED) is 0.0585. The zero-order chi connectivity index (χ0) is 54.4. The van der Waals surface area contributed by atoms with Crippen molar-refractivity contribution in [2.24, 2.45) is 22.7 Å². The number of likely N-dealkylation sites (tertiary alicyclic amines) is 2. The molecule has 2 aromatic carbocycles. The molecule has 2 aliphatic carbocycles. The number of methoxy groups -OCH3 is 2. The van der Waals surface area contributed by atoms with Gasteiger partial charge in [-0.1, -0.05) is 76.6 Å². The summed E-state index contributed by atoms with van der Waals surface area (Å²) in [6, 6.07) is 10.2. The highest BCUT2D eigenvalue weighted by Crippen LogP contribution is 2.49. The summed E-state index contributed by atoms with van der Waals surface area (Å²) in [4.78, 5) is 110. The number of imidazole rings is 2. The Kier molecular flexibility index (Phi) is 19.5. The van der Waals surface area contributed by atoms with E-state index in [1.165, 1.54) is 16.3 Å². The highest BCUT2D eigenvalue weighted by atomic mass is 16.5. The van der Waals surface area contributed by atoms with Crippen molar-refractivity contribution in [2.75, 3.05) is 46.9 Å². The Balaban J connectivity index is 1.24. The van der Waals surface area contributed by atoms with Crippen LogP contribution in [0.2, 0.25) is 0 Å². The summed E-state index contributed by atoms with van der Waals surface area (Å²) < 4.78 is 11.1. The van der Waals surface area contributed by atoms with Gasteiger partial charge >= 0.3 is 12.1 Å². The van der Waals surface area contributed by atoms with Crippen molar-refractivity contribution in [3.8, 4) is 11.5 Å². The summed E-state index contributed by atoms with van der Waals surface area (Å²) in [6.45, 7) is 5.02. The number of piperidine rings is 2. The van der Waals surface area contributed by atoms with Gasteiger partial charge < -0.3 is 39.9 Å². The highest BCUT2D eigenvalue weighted by molar-refractivity contribution is 5.93. The van der Waals surface area contributed by atoms with Crippen molar-refractivity contribution in [3.05, 3.63) is 96.1 Å². The molecule has 4 N–H and O–H groups in total. The van der Waals surface area contributed by atoms with E-state index >= 15 is 19.2 Å². The number of ether oxygens (including phenoxy) is 2. The summed E-state index contributed by atoms with van der Waals surface area (Å²) in [5.74, 6) is 1.29.